The lowest BCUT2D eigenvalue weighted by molar-refractivity contribution is 0.0690. The maximum absolute atomic E-state index is 10.4. The summed E-state index contributed by atoms with van der Waals surface area (Å²) in [6.45, 7) is 2.10. The zero-order valence-corrected chi connectivity index (χ0v) is 8.13. The number of thioether (sulfide) groups is 1. The van der Waals surface area contributed by atoms with Gasteiger partial charge < -0.3 is 9.52 Å². The van der Waals surface area contributed by atoms with Crippen molar-refractivity contribution in [3.8, 4) is 0 Å². The molecule has 0 saturated heterocycles. The van der Waals surface area contributed by atoms with E-state index in [0.717, 1.165) is 24.9 Å². The summed E-state index contributed by atoms with van der Waals surface area (Å²) in [5.74, 6) is -0.137. The molecule has 5 heteroatoms. The highest BCUT2D eigenvalue weighted by Crippen LogP contribution is 2.18. The van der Waals surface area contributed by atoms with Gasteiger partial charge in [0.15, 0.2) is 5.69 Å². The molecule has 0 unspecified atom stereocenters. The molecule has 0 bridgehead atoms. The molecule has 13 heavy (non-hydrogen) atoms. The SMILES string of the molecule is CCCCSc1nc(C(=O)O)co1. The van der Waals surface area contributed by atoms with Gasteiger partial charge in [-0.05, 0) is 6.42 Å². The maximum Gasteiger partial charge on any atom is 0.357 e. The fraction of sp³-hybridized carbons (Fsp3) is 0.500. The molecule has 0 aromatic carbocycles. The van der Waals surface area contributed by atoms with Gasteiger partial charge in [-0.25, -0.2) is 4.79 Å². The smallest absolute Gasteiger partial charge is 0.357 e. The normalized spacial score (nSPS) is 10.2. The number of nitrogens with zero attached hydrogens (tertiary/aromatic N) is 1. The molecule has 0 fully saturated rings. The van der Waals surface area contributed by atoms with Crippen LogP contribution in [0.25, 0.3) is 0 Å². The Morgan fingerprint density at radius 1 is 1.77 bits per heavy atom. The molecule has 0 atom stereocenters. The molecule has 1 rings (SSSR count). The third-order valence-corrected chi connectivity index (χ3v) is 2.35. The molecule has 0 radical (unpaired) electrons. The molecule has 0 aliphatic rings. The molecular formula is C8H11NO3S. The second kappa shape index (κ2) is 4.91. The van der Waals surface area contributed by atoms with Gasteiger partial charge in [0.1, 0.15) is 6.26 Å². The molecule has 0 aliphatic carbocycles. The van der Waals surface area contributed by atoms with Gasteiger partial charge in [0.25, 0.3) is 5.22 Å². The minimum Gasteiger partial charge on any atom is -0.476 e. The molecule has 1 aromatic heterocycles. The van der Waals surface area contributed by atoms with E-state index in [0.29, 0.717) is 5.22 Å². The third-order valence-electron chi connectivity index (χ3n) is 1.43. The van der Waals surface area contributed by atoms with Crippen molar-refractivity contribution in [2.45, 2.75) is 25.0 Å². The average Bonchev–Trinajstić information content (AvgIpc) is 2.53. The van der Waals surface area contributed by atoms with Crippen molar-refractivity contribution in [2.75, 3.05) is 5.75 Å². The van der Waals surface area contributed by atoms with Crippen LogP contribution in [0.15, 0.2) is 15.9 Å². The Hall–Kier alpha value is -0.970. The van der Waals surface area contributed by atoms with Crippen LogP contribution in [0.2, 0.25) is 0 Å². The predicted octanol–water partition coefficient (Wildman–Crippen LogP) is 2.26. The fourth-order valence-electron chi connectivity index (χ4n) is 0.726. The van der Waals surface area contributed by atoms with E-state index in [4.69, 9.17) is 9.52 Å². The summed E-state index contributed by atoms with van der Waals surface area (Å²) in [4.78, 5) is 14.2. The predicted molar refractivity (Wildman–Crippen MR) is 49.1 cm³/mol. The Labute approximate surface area is 80.3 Å². The Bertz CT molecular complexity index is 285. The standard InChI is InChI=1S/C8H11NO3S/c1-2-3-4-13-8-9-6(5-12-8)7(10)11/h5H,2-4H2,1H3,(H,10,11). The number of aromatic nitrogens is 1. The van der Waals surface area contributed by atoms with Crippen molar-refractivity contribution >= 4 is 17.7 Å². The van der Waals surface area contributed by atoms with Gasteiger partial charge in [-0.2, -0.15) is 4.98 Å². The van der Waals surface area contributed by atoms with E-state index in [2.05, 4.69) is 11.9 Å². The van der Waals surface area contributed by atoms with Crippen LogP contribution in [-0.2, 0) is 0 Å². The number of carboxylic acids is 1. The first kappa shape index (κ1) is 10.1. The number of hydrogen-bond acceptors (Lipinski definition) is 4. The van der Waals surface area contributed by atoms with E-state index >= 15 is 0 Å². The fourth-order valence-corrected chi connectivity index (χ4v) is 1.61. The lowest BCUT2D eigenvalue weighted by Gasteiger charge is -1.91. The van der Waals surface area contributed by atoms with Gasteiger partial charge in [-0.1, -0.05) is 25.1 Å². The highest BCUT2D eigenvalue weighted by molar-refractivity contribution is 7.99. The Kier molecular flexibility index (Phi) is 3.82. The first-order valence-electron chi connectivity index (χ1n) is 4.05. The van der Waals surface area contributed by atoms with Crippen molar-refractivity contribution in [2.24, 2.45) is 0 Å². The second-order valence-corrected chi connectivity index (χ2v) is 3.55. The zero-order valence-electron chi connectivity index (χ0n) is 7.32. The van der Waals surface area contributed by atoms with Crippen LogP contribution in [0.4, 0.5) is 0 Å². The van der Waals surface area contributed by atoms with Crippen molar-refractivity contribution in [3.63, 3.8) is 0 Å². The number of unbranched alkanes of at least 4 members (excludes halogenated alkanes) is 1. The van der Waals surface area contributed by atoms with Crippen LogP contribution in [0.5, 0.6) is 0 Å². The van der Waals surface area contributed by atoms with Crippen LogP contribution in [0, 0.1) is 0 Å². The number of carbonyl (C=O) groups is 1. The first-order chi connectivity index (χ1) is 6.24. The lowest BCUT2D eigenvalue weighted by atomic mass is 10.4. The average molecular weight is 201 g/mol. The van der Waals surface area contributed by atoms with Gasteiger partial charge in [0, 0.05) is 5.75 Å². The van der Waals surface area contributed by atoms with Crippen molar-refractivity contribution in [1.82, 2.24) is 4.98 Å². The summed E-state index contributed by atoms with van der Waals surface area (Å²) in [5.41, 5.74) is -0.0287. The Morgan fingerprint density at radius 2 is 2.54 bits per heavy atom. The molecule has 0 spiro atoms. The minimum atomic E-state index is -1.05. The topological polar surface area (TPSA) is 63.3 Å². The quantitative estimate of drug-likeness (QED) is 0.584. The van der Waals surface area contributed by atoms with Crippen molar-refractivity contribution in [1.29, 1.82) is 0 Å². The summed E-state index contributed by atoms with van der Waals surface area (Å²) in [7, 11) is 0. The van der Waals surface area contributed by atoms with E-state index in [1.165, 1.54) is 11.8 Å². The highest BCUT2D eigenvalue weighted by Gasteiger charge is 2.09. The lowest BCUT2D eigenvalue weighted by Crippen LogP contribution is -1.95. The van der Waals surface area contributed by atoms with Crippen LogP contribution < -0.4 is 0 Å². The van der Waals surface area contributed by atoms with E-state index in [-0.39, 0.29) is 5.69 Å². The van der Waals surface area contributed by atoms with Gasteiger partial charge in [-0.15, -0.1) is 0 Å². The summed E-state index contributed by atoms with van der Waals surface area (Å²) >= 11 is 1.44. The molecular weight excluding hydrogens is 190 g/mol. The van der Waals surface area contributed by atoms with Crippen LogP contribution in [0.1, 0.15) is 30.3 Å². The van der Waals surface area contributed by atoms with Gasteiger partial charge in [-0.3, -0.25) is 0 Å². The third kappa shape index (κ3) is 3.10. The van der Waals surface area contributed by atoms with E-state index in [9.17, 15) is 4.79 Å². The maximum atomic E-state index is 10.4. The van der Waals surface area contributed by atoms with Crippen LogP contribution >= 0.6 is 11.8 Å². The largest absolute Gasteiger partial charge is 0.476 e. The number of hydrogen-bond donors (Lipinski definition) is 1. The van der Waals surface area contributed by atoms with Crippen LogP contribution in [-0.4, -0.2) is 21.8 Å². The molecule has 0 amide bonds. The summed E-state index contributed by atoms with van der Waals surface area (Å²) in [6, 6.07) is 0. The van der Waals surface area contributed by atoms with Gasteiger partial charge >= 0.3 is 5.97 Å². The van der Waals surface area contributed by atoms with Crippen LogP contribution in [0.3, 0.4) is 0 Å². The summed E-state index contributed by atoms with van der Waals surface area (Å²) < 4.78 is 4.94. The Morgan fingerprint density at radius 3 is 3.08 bits per heavy atom. The monoisotopic (exact) mass is 201 g/mol. The molecule has 72 valence electrons. The zero-order chi connectivity index (χ0) is 9.68. The Balaban J connectivity index is 2.44. The second-order valence-electron chi connectivity index (χ2n) is 2.51. The van der Waals surface area contributed by atoms with Crippen molar-refractivity contribution in [3.05, 3.63) is 12.0 Å². The minimum absolute atomic E-state index is 0.0287. The highest BCUT2D eigenvalue weighted by atomic mass is 32.2. The molecule has 1 N–H and O–H groups in total. The molecule has 1 heterocycles. The molecule has 4 nitrogen and oxygen atoms in total. The van der Waals surface area contributed by atoms with Crippen molar-refractivity contribution < 1.29 is 14.3 Å². The molecule has 0 aliphatic heterocycles. The van der Waals surface area contributed by atoms with Gasteiger partial charge in [0.05, 0.1) is 0 Å². The van der Waals surface area contributed by atoms with E-state index in [1.807, 2.05) is 0 Å². The first-order valence-corrected chi connectivity index (χ1v) is 5.04. The number of carboxylic acid groups (broad SMARTS) is 1. The molecule has 0 saturated carbocycles. The van der Waals surface area contributed by atoms with E-state index < -0.39 is 5.97 Å². The number of oxazole rings is 1. The molecule has 1 aromatic rings. The number of rotatable bonds is 5. The summed E-state index contributed by atoms with van der Waals surface area (Å²) in [5, 5.41) is 8.97. The van der Waals surface area contributed by atoms with Gasteiger partial charge in [0.2, 0.25) is 0 Å². The van der Waals surface area contributed by atoms with E-state index in [1.54, 1.807) is 0 Å². The summed E-state index contributed by atoms with van der Waals surface area (Å²) in [6.07, 6.45) is 3.35. The number of aromatic carboxylic acids is 1.